The number of aromatic nitrogens is 3. The quantitative estimate of drug-likeness (QED) is 0.384. The Morgan fingerprint density at radius 1 is 1.33 bits per heavy atom. The number of aliphatic hydroxyl groups excluding tert-OH is 1. The van der Waals surface area contributed by atoms with Crippen molar-refractivity contribution >= 4 is 29.0 Å². The lowest BCUT2D eigenvalue weighted by Gasteiger charge is -2.20. The highest BCUT2D eigenvalue weighted by molar-refractivity contribution is 6.20. The summed E-state index contributed by atoms with van der Waals surface area (Å²) in [6.07, 6.45) is 2.44. The maximum Gasteiger partial charge on any atom is 0.487 e. The van der Waals surface area contributed by atoms with Gasteiger partial charge in [0.15, 0.2) is 0 Å². The molecule has 33 heavy (non-hydrogen) atoms. The molecule has 0 radical (unpaired) electrons. The highest BCUT2D eigenvalue weighted by atomic mass is 35.5. The number of amides is 1. The molecule has 2 unspecified atom stereocenters. The van der Waals surface area contributed by atoms with Gasteiger partial charge in [0.2, 0.25) is 0 Å². The normalized spacial score (nSPS) is 18.4. The highest BCUT2D eigenvalue weighted by Crippen LogP contribution is 2.32. The number of nitrogens with two attached hydrogens (primary N) is 1. The maximum atomic E-state index is 12.8. The predicted molar refractivity (Wildman–Crippen MR) is 118 cm³/mol. The first-order valence-corrected chi connectivity index (χ1v) is 10.4. The summed E-state index contributed by atoms with van der Waals surface area (Å²) in [6.45, 7) is 1.26. The lowest BCUT2D eigenvalue weighted by atomic mass is 10.1. The summed E-state index contributed by atoms with van der Waals surface area (Å²) in [5, 5.41) is 19.8. The molecule has 4 rings (SSSR count). The Bertz CT molecular complexity index is 1110. The molecule has 0 saturated carbocycles. The molecule has 1 amide bonds. The average molecular weight is 479 g/mol. The minimum Gasteiger partial charge on any atom is -0.420 e. The summed E-state index contributed by atoms with van der Waals surface area (Å²) in [4.78, 5) is 19.2. The van der Waals surface area contributed by atoms with Crippen molar-refractivity contribution in [2.45, 2.75) is 11.7 Å². The molecule has 9 nitrogen and oxygen atoms in total. The number of nitrogens with zero attached hydrogens (tertiary/aromatic N) is 3. The molecule has 12 heteroatoms. The van der Waals surface area contributed by atoms with Crippen LogP contribution in [0.4, 0.5) is 20.3 Å². The zero-order valence-corrected chi connectivity index (χ0v) is 18.0. The molecule has 0 bridgehead atoms. The Kier molecular flexibility index (Phi) is 6.45. The van der Waals surface area contributed by atoms with Gasteiger partial charge in [0, 0.05) is 54.3 Å². The van der Waals surface area contributed by atoms with E-state index in [0.717, 1.165) is 0 Å². The average Bonchev–Trinajstić information content (AvgIpc) is 3.43. The molecule has 1 aliphatic rings. The summed E-state index contributed by atoms with van der Waals surface area (Å²) in [7, 11) is 0. The number of carbonyl (C=O) groups excluding carboxylic acids is 1. The first kappa shape index (κ1) is 22.9. The molecule has 1 fully saturated rings. The lowest BCUT2D eigenvalue weighted by Crippen LogP contribution is -2.25. The number of carbonyl (C=O) groups is 1. The number of anilines is 2. The maximum absolute atomic E-state index is 12.8. The minimum atomic E-state index is -3.82. The Balaban J connectivity index is 1.56. The second-order valence-corrected chi connectivity index (χ2v) is 8.00. The van der Waals surface area contributed by atoms with Crippen LogP contribution in [-0.2, 0) is 0 Å². The fourth-order valence-corrected chi connectivity index (χ4v) is 3.73. The third-order valence-electron chi connectivity index (χ3n) is 5.27. The van der Waals surface area contributed by atoms with Gasteiger partial charge in [-0.15, -0.1) is 8.78 Å². The van der Waals surface area contributed by atoms with Gasteiger partial charge in [-0.2, -0.15) is 5.10 Å². The number of aliphatic hydroxyl groups is 1. The number of halogens is 3. The number of aromatic amines is 1. The van der Waals surface area contributed by atoms with E-state index in [0.29, 0.717) is 42.4 Å². The molecule has 0 spiro atoms. The van der Waals surface area contributed by atoms with Gasteiger partial charge in [0.05, 0.1) is 17.4 Å². The molecule has 3 heterocycles. The first-order chi connectivity index (χ1) is 15.7. The van der Waals surface area contributed by atoms with Crippen LogP contribution in [0.3, 0.4) is 0 Å². The van der Waals surface area contributed by atoms with E-state index in [4.69, 9.17) is 17.3 Å². The number of hydrogen-bond donors (Lipinski definition) is 4. The third-order valence-corrected chi connectivity index (χ3v) is 5.35. The summed E-state index contributed by atoms with van der Waals surface area (Å²) in [6, 6.07) is 8.75. The van der Waals surface area contributed by atoms with Crippen molar-refractivity contribution in [3.63, 3.8) is 0 Å². The van der Waals surface area contributed by atoms with Crippen LogP contribution in [0.2, 0.25) is 0 Å². The smallest absolute Gasteiger partial charge is 0.420 e. The summed E-state index contributed by atoms with van der Waals surface area (Å²) in [5.41, 5.74) is 3.85. The van der Waals surface area contributed by atoms with Gasteiger partial charge < -0.3 is 25.8 Å². The zero-order valence-electron chi connectivity index (χ0n) is 17.2. The van der Waals surface area contributed by atoms with E-state index < -0.39 is 17.6 Å². The largest absolute Gasteiger partial charge is 0.487 e. The van der Waals surface area contributed by atoms with Crippen molar-refractivity contribution in [2.24, 2.45) is 11.7 Å². The van der Waals surface area contributed by atoms with E-state index in [1.807, 2.05) is 4.90 Å². The van der Waals surface area contributed by atoms with Crippen LogP contribution in [0.1, 0.15) is 10.4 Å². The van der Waals surface area contributed by atoms with Crippen LogP contribution in [-0.4, -0.2) is 57.5 Å². The van der Waals surface area contributed by atoms with E-state index >= 15 is 0 Å². The van der Waals surface area contributed by atoms with Crippen LogP contribution >= 0.6 is 11.6 Å². The number of ether oxygens (including phenoxy) is 1. The molecule has 1 aromatic carbocycles. The number of alkyl halides is 3. The van der Waals surface area contributed by atoms with Crippen LogP contribution in [0.5, 0.6) is 5.75 Å². The highest BCUT2D eigenvalue weighted by Gasteiger charge is 2.32. The Hall–Kier alpha value is -3.28. The van der Waals surface area contributed by atoms with Gasteiger partial charge in [0.1, 0.15) is 11.6 Å². The van der Waals surface area contributed by atoms with Gasteiger partial charge in [-0.05, 0) is 42.9 Å². The Labute approximate surface area is 192 Å². The minimum absolute atomic E-state index is 0.0740. The molecular formula is C21H21ClF2N6O3. The van der Waals surface area contributed by atoms with Gasteiger partial charge in [0.25, 0.3) is 5.91 Å². The fraction of sp³-hybridized carbons (Fsp3) is 0.286. The van der Waals surface area contributed by atoms with E-state index in [9.17, 15) is 18.7 Å². The Morgan fingerprint density at radius 2 is 2.09 bits per heavy atom. The number of benzene rings is 1. The second-order valence-electron chi connectivity index (χ2n) is 7.56. The number of β-amino-alcohol motifs (C(OH)–C–C–N with tert-alkyl or cyclic N) is 1. The SMILES string of the molecule is NCC1CN(c2ncc(C(=O)Nc3ccc(OC(F)(F)Cl)cc3)cc2-c2ccn[nH]2)CC1O. The number of pyridine rings is 1. The van der Waals surface area contributed by atoms with Crippen molar-refractivity contribution in [1.29, 1.82) is 0 Å². The molecule has 2 aromatic heterocycles. The fourth-order valence-electron chi connectivity index (χ4n) is 3.64. The lowest BCUT2D eigenvalue weighted by molar-refractivity contribution is -0.0964. The van der Waals surface area contributed by atoms with Gasteiger partial charge in [-0.25, -0.2) is 4.98 Å². The van der Waals surface area contributed by atoms with Crippen molar-refractivity contribution < 1.29 is 23.4 Å². The molecule has 2 atom stereocenters. The predicted octanol–water partition coefficient (Wildman–Crippen LogP) is 2.65. The van der Waals surface area contributed by atoms with Crippen LogP contribution in [0, 0.1) is 5.92 Å². The third kappa shape index (κ3) is 5.38. The van der Waals surface area contributed by atoms with Gasteiger partial charge in [-0.1, -0.05) is 0 Å². The molecule has 5 N–H and O–H groups in total. The number of nitrogens with one attached hydrogen (secondary N) is 2. The molecule has 1 aliphatic heterocycles. The van der Waals surface area contributed by atoms with Crippen LogP contribution < -0.4 is 20.7 Å². The topological polar surface area (TPSA) is 129 Å². The monoisotopic (exact) mass is 478 g/mol. The van der Waals surface area contributed by atoms with Crippen LogP contribution in [0.25, 0.3) is 11.3 Å². The number of hydrogen-bond acceptors (Lipinski definition) is 7. The number of H-pyrrole nitrogens is 1. The van der Waals surface area contributed by atoms with Crippen molar-refractivity contribution in [2.75, 3.05) is 29.9 Å². The van der Waals surface area contributed by atoms with E-state index in [1.165, 1.54) is 30.5 Å². The van der Waals surface area contributed by atoms with E-state index in [2.05, 4.69) is 25.2 Å². The molecule has 174 valence electrons. The summed E-state index contributed by atoms with van der Waals surface area (Å²) in [5.74, 6) is -0.0824. The van der Waals surface area contributed by atoms with Crippen molar-refractivity contribution in [1.82, 2.24) is 15.2 Å². The van der Waals surface area contributed by atoms with Crippen LogP contribution in [0.15, 0.2) is 48.8 Å². The van der Waals surface area contributed by atoms with E-state index in [-0.39, 0.29) is 17.2 Å². The number of rotatable bonds is 7. The zero-order chi connectivity index (χ0) is 23.6. The summed E-state index contributed by atoms with van der Waals surface area (Å²) >= 11 is 4.75. The van der Waals surface area contributed by atoms with Gasteiger partial charge >= 0.3 is 5.57 Å². The molecule has 0 aliphatic carbocycles. The Morgan fingerprint density at radius 3 is 2.70 bits per heavy atom. The first-order valence-electron chi connectivity index (χ1n) is 10.0. The van der Waals surface area contributed by atoms with Crippen molar-refractivity contribution in [3.05, 3.63) is 54.4 Å². The second kappa shape index (κ2) is 9.30. The molecular weight excluding hydrogens is 458 g/mol. The summed E-state index contributed by atoms with van der Waals surface area (Å²) < 4.78 is 29.7. The van der Waals surface area contributed by atoms with Crippen molar-refractivity contribution in [3.8, 4) is 17.0 Å². The molecule has 3 aromatic rings. The van der Waals surface area contributed by atoms with Gasteiger partial charge in [-0.3, -0.25) is 9.89 Å². The molecule has 1 saturated heterocycles. The van der Waals surface area contributed by atoms with E-state index in [1.54, 1.807) is 18.3 Å². The standard InChI is InChI=1S/C21H21ClF2N6O3/c22-21(23,24)33-15-3-1-14(2-4-15)28-20(32)12-7-16(17-5-6-27-29-17)19(26-9-12)30-10-13(8-25)18(31)11-30/h1-7,9,13,18,31H,8,10-11,25H2,(H,27,29)(H,28,32).